The molecule has 6 rings (SSSR count). The van der Waals surface area contributed by atoms with E-state index in [4.69, 9.17) is 15.2 Å². The maximum atomic E-state index is 15.7. The van der Waals surface area contributed by atoms with Crippen molar-refractivity contribution in [2.45, 2.75) is 51.5 Å². The average molecular weight is 568 g/mol. The third-order valence-corrected chi connectivity index (χ3v) is 7.39. The van der Waals surface area contributed by atoms with Crippen molar-refractivity contribution in [2.24, 2.45) is 0 Å². The molecule has 2 atom stereocenters. The van der Waals surface area contributed by atoms with Crippen LogP contribution < -0.4 is 20.1 Å². The number of aromatic nitrogens is 4. The SMILES string of the molecule is CCN1CCOc2nc(-c3cc(N)nc(C)c3C(F)(F)F)c(F)c3nc(OC)nc1c23.FC1CC2CCCN2C1. The van der Waals surface area contributed by atoms with Crippen molar-refractivity contribution < 1.29 is 31.4 Å². The lowest BCUT2D eigenvalue weighted by Gasteiger charge is -2.20. The summed E-state index contributed by atoms with van der Waals surface area (Å²) in [6.07, 6.45) is -2.00. The van der Waals surface area contributed by atoms with Crippen LogP contribution in [0, 0.1) is 12.7 Å². The molecule has 40 heavy (non-hydrogen) atoms. The zero-order chi connectivity index (χ0) is 28.8. The molecular formula is C26H30F5N7O2. The summed E-state index contributed by atoms with van der Waals surface area (Å²) in [4.78, 5) is 20.2. The molecule has 3 aromatic heterocycles. The van der Waals surface area contributed by atoms with E-state index in [1.165, 1.54) is 20.0 Å². The molecule has 0 radical (unpaired) electrons. The predicted molar refractivity (Wildman–Crippen MR) is 139 cm³/mol. The minimum Gasteiger partial charge on any atom is -0.475 e. The summed E-state index contributed by atoms with van der Waals surface area (Å²) < 4.78 is 80.4. The van der Waals surface area contributed by atoms with Crippen LogP contribution in [0.15, 0.2) is 6.07 Å². The summed E-state index contributed by atoms with van der Waals surface area (Å²) in [7, 11) is 1.31. The van der Waals surface area contributed by atoms with Gasteiger partial charge in [-0.3, -0.25) is 4.90 Å². The highest BCUT2D eigenvalue weighted by molar-refractivity contribution is 5.97. The van der Waals surface area contributed by atoms with Crippen LogP contribution in [0.2, 0.25) is 0 Å². The molecule has 0 aliphatic carbocycles. The van der Waals surface area contributed by atoms with E-state index in [1.807, 2.05) is 11.8 Å². The van der Waals surface area contributed by atoms with Crippen LogP contribution in [0.5, 0.6) is 11.9 Å². The third-order valence-electron chi connectivity index (χ3n) is 7.39. The lowest BCUT2D eigenvalue weighted by Crippen LogP contribution is -2.27. The molecule has 2 unspecified atom stereocenters. The van der Waals surface area contributed by atoms with Gasteiger partial charge in [0.1, 0.15) is 41.0 Å². The highest BCUT2D eigenvalue weighted by Crippen LogP contribution is 2.43. The third kappa shape index (κ3) is 5.16. The van der Waals surface area contributed by atoms with Crippen LogP contribution in [-0.2, 0) is 6.18 Å². The van der Waals surface area contributed by atoms with Gasteiger partial charge in [0.15, 0.2) is 5.82 Å². The second-order valence-corrected chi connectivity index (χ2v) is 9.94. The highest BCUT2D eigenvalue weighted by atomic mass is 19.4. The van der Waals surface area contributed by atoms with Crippen LogP contribution in [0.4, 0.5) is 33.6 Å². The van der Waals surface area contributed by atoms with Gasteiger partial charge in [-0.1, -0.05) is 0 Å². The molecule has 9 nitrogen and oxygen atoms in total. The fraction of sp³-hybridized carbons (Fsp3) is 0.538. The van der Waals surface area contributed by atoms with Crippen molar-refractivity contribution in [3.63, 3.8) is 0 Å². The number of likely N-dealkylation sites (N-methyl/N-ethyl adjacent to an activating group) is 1. The van der Waals surface area contributed by atoms with Gasteiger partial charge in [-0.15, -0.1) is 0 Å². The average Bonchev–Trinajstić information content (AvgIpc) is 3.41. The maximum absolute atomic E-state index is 15.7. The lowest BCUT2D eigenvalue weighted by atomic mass is 10.0. The quantitative estimate of drug-likeness (QED) is 0.457. The minimum absolute atomic E-state index is 0.0684. The van der Waals surface area contributed by atoms with E-state index >= 15 is 4.39 Å². The summed E-state index contributed by atoms with van der Waals surface area (Å²) in [6.45, 7) is 5.99. The number of alkyl halides is 4. The molecule has 2 N–H and O–H groups in total. The van der Waals surface area contributed by atoms with E-state index < -0.39 is 40.7 Å². The van der Waals surface area contributed by atoms with E-state index in [9.17, 15) is 17.6 Å². The van der Waals surface area contributed by atoms with Crippen LogP contribution in [-0.4, -0.2) is 76.9 Å². The standard InChI is InChI=1S/C19H18F4N6O2.C7H12FN/c1-4-29-5-6-31-17-11-15(27-18(30-3)28-16(11)29)13(20)14(26-17)9-7-10(24)25-8(2)12(9)19(21,22)23;8-6-4-7-2-1-3-9(7)5-6/h7H,4-6H2,1-3H3,(H2,24,25);6-7H,1-5H2. The number of nitrogens with two attached hydrogens (primary N) is 1. The number of anilines is 2. The Morgan fingerprint density at radius 1 is 1.18 bits per heavy atom. The number of pyridine rings is 2. The van der Waals surface area contributed by atoms with Crippen LogP contribution in [0.25, 0.3) is 22.2 Å². The zero-order valence-corrected chi connectivity index (χ0v) is 22.4. The van der Waals surface area contributed by atoms with E-state index in [1.54, 1.807) is 0 Å². The second-order valence-electron chi connectivity index (χ2n) is 9.94. The molecule has 3 aliphatic heterocycles. The number of halogens is 5. The van der Waals surface area contributed by atoms with Gasteiger partial charge in [-0.25, -0.2) is 18.7 Å². The molecule has 0 amide bonds. The largest absolute Gasteiger partial charge is 0.475 e. The number of hydrogen-bond donors (Lipinski definition) is 1. The topological polar surface area (TPSA) is 103 Å². The molecule has 14 heteroatoms. The van der Waals surface area contributed by atoms with E-state index in [0.29, 0.717) is 31.5 Å². The van der Waals surface area contributed by atoms with Crippen LogP contribution >= 0.6 is 0 Å². The molecule has 2 saturated heterocycles. The molecule has 216 valence electrons. The summed E-state index contributed by atoms with van der Waals surface area (Å²) >= 11 is 0. The van der Waals surface area contributed by atoms with Gasteiger partial charge < -0.3 is 20.1 Å². The van der Waals surface area contributed by atoms with Gasteiger partial charge in [-0.2, -0.15) is 23.1 Å². The Morgan fingerprint density at radius 2 is 1.95 bits per heavy atom. The molecule has 3 aliphatic rings. The molecule has 2 fully saturated rings. The van der Waals surface area contributed by atoms with Crippen molar-refractivity contribution in [1.29, 1.82) is 0 Å². The van der Waals surface area contributed by atoms with E-state index in [2.05, 4.69) is 24.8 Å². The fourth-order valence-corrected chi connectivity index (χ4v) is 5.64. The van der Waals surface area contributed by atoms with Crippen molar-refractivity contribution in [3.8, 4) is 23.1 Å². The summed E-state index contributed by atoms with van der Waals surface area (Å²) in [5.74, 6) is -1.01. The van der Waals surface area contributed by atoms with Gasteiger partial charge in [0.25, 0.3) is 0 Å². The Balaban J connectivity index is 0.000000301. The first-order chi connectivity index (χ1) is 19.0. The fourth-order valence-electron chi connectivity index (χ4n) is 5.64. The highest BCUT2D eigenvalue weighted by Gasteiger charge is 2.39. The van der Waals surface area contributed by atoms with Crippen molar-refractivity contribution in [3.05, 3.63) is 23.1 Å². The minimum atomic E-state index is -4.81. The van der Waals surface area contributed by atoms with E-state index in [-0.39, 0.29) is 35.2 Å². The van der Waals surface area contributed by atoms with Crippen molar-refractivity contribution >= 4 is 22.5 Å². The Bertz CT molecular complexity index is 1410. The molecule has 0 spiro atoms. The Labute approximate surface area is 227 Å². The number of fused-ring (bicyclic) bond motifs is 1. The van der Waals surface area contributed by atoms with Crippen LogP contribution in [0.3, 0.4) is 0 Å². The maximum Gasteiger partial charge on any atom is 0.418 e. The summed E-state index contributed by atoms with van der Waals surface area (Å²) in [5, 5.41) is 0.161. The number of rotatable bonds is 3. The number of ether oxygens (including phenoxy) is 2. The molecular weight excluding hydrogens is 537 g/mol. The smallest absolute Gasteiger partial charge is 0.418 e. The first kappa shape index (κ1) is 28.0. The predicted octanol–water partition coefficient (Wildman–Crippen LogP) is 4.56. The van der Waals surface area contributed by atoms with Crippen LogP contribution in [0.1, 0.15) is 37.4 Å². The molecule has 6 heterocycles. The first-order valence-electron chi connectivity index (χ1n) is 13.1. The lowest BCUT2D eigenvalue weighted by molar-refractivity contribution is -0.137. The molecule has 0 bridgehead atoms. The molecule has 0 aromatic carbocycles. The van der Waals surface area contributed by atoms with Gasteiger partial charge in [0.2, 0.25) is 5.88 Å². The van der Waals surface area contributed by atoms with Crippen molar-refractivity contribution in [2.75, 3.05) is 50.5 Å². The number of methoxy groups -OCH3 is 1. The van der Waals surface area contributed by atoms with Gasteiger partial charge in [0, 0.05) is 24.7 Å². The van der Waals surface area contributed by atoms with Crippen molar-refractivity contribution in [1.82, 2.24) is 24.8 Å². The second kappa shape index (κ2) is 10.8. The van der Waals surface area contributed by atoms with Gasteiger partial charge in [-0.05, 0) is 45.7 Å². The normalized spacial score (nSPS) is 20.6. The number of nitrogen functional groups attached to an aromatic ring is 1. The Morgan fingerprint density at radius 3 is 2.62 bits per heavy atom. The number of nitrogens with zero attached hydrogens (tertiary/aromatic N) is 6. The first-order valence-corrected chi connectivity index (χ1v) is 13.1. The summed E-state index contributed by atoms with van der Waals surface area (Å²) in [6, 6.07) is 1.42. The van der Waals surface area contributed by atoms with Gasteiger partial charge >= 0.3 is 12.2 Å². The van der Waals surface area contributed by atoms with Gasteiger partial charge in [0.05, 0.1) is 24.9 Å². The van der Waals surface area contributed by atoms with E-state index in [0.717, 1.165) is 26.0 Å². The Kier molecular flexibility index (Phi) is 7.55. The monoisotopic (exact) mass is 567 g/mol. The molecule has 3 aromatic rings. The molecule has 0 saturated carbocycles. The summed E-state index contributed by atoms with van der Waals surface area (Å²) in [5.41, 5.74) is 2.74. The Hall–Kier alpha value is -3.55. The zero-order valence-electron chi connectivity index (χ0n) is 22.4. The number of hydrogen-bond acceptors (Lipinski definition) is 9. The number of aryl methyl sites for hydroxylation is 1.